The van der Waals surface area contributed by atoms with Gasteiger partial charge < -0.3 is 20.1 Å². The lowest BCUT2D eigenvalue weighted by molar-refractivity contribution is -0.174. The summed E-state index contributed by atoms with van der Waals surface area (Å²) in [5.41, 5.74) is 0.892. The number of amides is 2. The number of fused-ring (bicyclic) bond motifs is 1. The number of nitrogens with one attached hydrogen (secondary N) is 1. The molecule has 0 spiro atoms. The molecule has 0 unspecified atom stereocenters. The van der Waals surface area contributed by atoms with Gasteiger partial charge in [0, 0.05) is 25.8 Å². The first kappa shape index (κ1) is 30.3. The van der Waals surface area contributed by atoms with Gasteiger partial charge in [0.15, 0.2) is 5.69 Å². The van der Waals surface area contributed by atoms with E-state index in [9.17, 15) is 32.3 Å². The van der Waals surface area contributed by atoms with Gasteiger partial charge in [-0.15, -0.1) is 0 Å². The summed E-state index contributed by atoms with van der Waals surface area (Å²) in [4.78, 5) is 37.1. The van der Waals surface area contributed by atoms with Crippen LogP contribution in [-0.4, -0.2) is 88.9 Å². The number of hydrogen-bond donors (Lipinski definition) is 2. The Balaban J connectivity index is 1.27. The molecule has 3 aromatic rings. The summed E-state index contributed by atoms with van der Waals surface area (Å²) < 4.78 is 66.4. The topological polar surface area (TPSA) is 161 Å². The van der Waals surface area contributed by atoms with Gasteiger partial charge in [-0.25, -0.2) is 36.7 Å². The summed E-state index contributed by atoms with van der Waals surface area (Å²) >= 11 is 0. The lowest BCUT2D eigenvalue weighted by Crippen LogP contribution is -2.50. The van der Waals surface area contributed by atoms with E-state index in [1.54, 1.807) is 13.1 Å². The number of aliphatic hydroxyl groups excluding tert-OH is 1. The second kappa shape index (κ2) is 11.6. The van der Waals surface area contributed by atoms with Gasteiger partial charge in [-0.1, -0.05) is 5.16 Å². The van der Waals surface area contributed by atoms with Crippen LogP contribution < -0.4 is 5.32 Å². The maximum Gasteiger partial charge on any atom is 0.276 e. The van der Waals surface area contributed by atoms with Crippen LogP contribution in [0.15, 0.2) is 17.0 Å². The highest BCUT2D eigenvalue weighted by Crippen LogP contribution is 2.41. The van der Waals surface area contributed by atoms with Crippen molar-refractivity contribution < 1.29 is 41.6 Å². The lowest BCUT2D eigenvalue weighted by atomic mass is 9.81. The number of alkyl halides is 4. The summed E-state index contributed by atoms with van der Waals surface area (Å²) in [6.45, 7) is 0.883. The molecule has 4 atom stereocenters. The Morgan fingerprint density at radius 1 is 1.07 bits per heavy atom. The van der Waals surface area contributed by atoms with Gasteiger partial charge in [0.05, 0.1) is 42.0 Å². The van der Waals surface area contributed by atoms with E-state index in [0.717, 1.165) is 0 Å². The van der Waals surface area contributed by atoms with E-state index < -0.39 is 61.0 Å². The molecule has 5 heterocycles. The Bertz CT molecular complexity index is 1510. The number of carbonyl (C=O) groups is 2. The molecule has 2 aliphatic heterocycles. The fraction of sp³-hybridized carbons (Fsp3) is 0.667. The number of aliphatic hydroxyl groups is 1. The molecule has 1 aliphatic carbocycles. The van der Waals surface area contributed by atoms with Crippen molar-refractivity contribution in [3.63, 3.8) is 0 Å². The third-order valence-corrected chi connectivity index (χ3v) is 8.68. The highest BCUT2D eigenvalue weighted by atomic mass is 19.3. The number of piperidine rings is 1. The van der Waals surface area contributed by atoms with Crippen LogP contribution in [0.5, 0.6) is 0 Å². The average molecular weight is 625 g/mol. The molecule has 3 aromatic heterocycles. The van der Waals surface area contributed by atoms with E-state index in [1.807, 2.05) is 0 Å². The van der Waals surface area contributed by atoms with Crippen LogP contribution in [0.4, 0.5) is 17.6 Å². The zero-order valence-electron chi connectivity index (χ0n) is 23.8. The highest BCUT2D eigenvalue weighted by Gasteiger charge is 2.43. The number of aromatic nitrogens is 6. The number of halogens is 4. The van der Waals surface area contributed by atoms with Gasteiger partial charge >= 0.3 is 0 Å². The normalized spacial score (nSPS) is 26.4. The molecule has 2 saturated heterocycles. The van der Waals surface area contributed by atoms with E-state index in [1.165, 1.54) is 15.6 Å². The summed E-state index contributed by atoms with van der Waals surface area (Å²) in [6.07, 6.45) is 0.682. The van der Waals surface area contributed by atoms with Crippen LogP contribution in [0.25, 0.3) is 5.78 Å². The Hall–Kier alpha value is -3.73. The van der Waals surface area contributed by atoms with Crippen molar-refractivity contribution >= 4 is 17.6 Å². The molecule has 2 amide bonds. The molecular weight excluding hydrogens is 592 g/mol. The number of ether oxygens (including phenoxy) is 1. The Labute approximate surface area is 248 Å². The first-order valence-corrected chi connectivity index (χ1v) is 14.6. The second-order valence-corrected chi connectivity index (χ2v) is 11.9. The van der Waals surface area contributed by atoms with Crippen molar-refractivity contribution in [1.82, 2.24) is 40.1 Å². The second-order valence-electron chi connectivity index (χ2n) is 11.9. The maximum atomic E-state index is 14.0. The molecule has 3 aliphatic rings. The third kappa shape index (κ3) is 6.24. The maximum absolute atomic E-state index is 14.0. The van der Waals surface area contributed by atoms with Crippen LogP contribution >= 0.6 is 0 Å². The molecule has 2 N–H and O–H groups in total. The number of aryl methyl sites for hydroxylation is 1. The number of rotatable bonds is 6. The van der Waals surface area contributed by atoms with Crippen LogP contribution in [0, 0.1) is 12.8 Å². The summed E-state index contributed by atoms with van der Waals surface area (Å²) in [5.74, 6) is -7.07. The molecule has 13 nitrogen and oxygen atoms in total. The molecule has 0 bridgehead atoms. The molecule has 238 valence electrons. The van der Waals surface area contributed by atoms with Crippen molar-refractivity contribution in [1.29, 1.82) is 0 Å². The number of imidazole rings is 1. The molecule has 3 fully saturated rings. The minimum Gasteiger partial charge on any atom is -0.393 e. The average Bonchev–Trinajstić information content (AvgIpc) is 3.61. The fourth-order valence-corrected chi connectivity index (χ4v) is 6.18. The van der Waals surface area contributed by atoms with Gasteiger partial charge in [0.25, 0.3) is 23.5 Å². The highest BCUT2D eigenvalue weighted by molar-refractivity contribution is 5.93. The predicted octanol–water partition coefficient (Wildman–Crippen LogP) is 2.95. The SMILES string of the molecule is Cc1nonc1C(=O)N[C@H](c1cn2ncc([C@H]3C[C@H](O)CCN3C(=O)[C@@H]3CCC(F)(F)CO3)nc2n1)C1CCC(F)(F)CC1. The van der Waals surface area contributed by atoms with Gasteiger partial charge in [0.2, 0.25) is 5.92 Å². The van der Waals surface area contributed by atoms with E-state index in [4.69, 9.17) is 4.74 Å². The van der Waals surface area contributed by atoms with E-state index >= 15 is 0 Å². The Kier molecular flexibility index (Phi) is 8.02. The fourth-order valence-electron chi connectivity index (χ4n) is 6.18. The zero-order chi connectivity index (χ0) is 31.2. The molecule has 44 heavy (non-hydrogen) atoms. The molecule has 6 rings (SSSR count). The van der Waals surface area contributed by atoms with Crippen LogP contribution in [0.1, 0.15) is 91.0 Å². The van der Waals surface area contributed by atoms with Crippen LogP contribution in [0.2, 0.25) is 0 Å². The van der Waals surface area contributed by atoms with Gasteiger partial charge in [0.1, 0.15) is 18.4 Å². The smallest absolute Gasteiger partial charge is 0.276 e. The van der Waals surface area contributed by atoms with E-state index in [-0.39, 0.29) is 68.2 Å². The standard InChI is InChI=1S/C27H32F4N8O5/c1-14-21(37-44-36-14)23(41)35-22(15-2-6-26(28,29)7-3-15)18-12-39-25(34-18)33-17(11-32-39)19-10-16(40)5-9-38(19)24(42)20-4-8-27(30,31)13-43-20/h11-12,15-16,19-20,22,40H,2-10,13H2,1H3,(H,35,41)/t16-,19-,20+,22+/m1/s1. The molecular formula is C27H32F4N8O5. The first-order valence-electron chi connectivity index (χ1n) is 14.6. The molecule has 0 radical (unpaired) electrons. The van der Waals surface area contributed by atoms with Crippen molar-refractivity contribution in [3.8, 4) is 0 Å². The van der Waals surface area contributed by atoms with Crippen molar-refractivity contribution in [2.24, 2.45) is 5.92 Å². The van der Waals surface area contributed by atoms with Gasteiger partial charge in [-0.2, -0.15) is 5.10 Å². The number of likely N-dealkylation sites (tertiary alicyclic amines) is 1. The number of hydrogen-bond acceptors (Lipinski definition) is 10. The van der Waals surface area contributed by atoms with Crippen LogP contribution in [-0.2, 0) is 9.53 Å². The van der Waals surface area contributed by atoms with E-state index in [2.05, 4.69) is 35.3 Å². The Morgan fingerprint density at radius 3 is 2.50 bits per heavy atom. The summed E-state index contributed by atoms with van der Waals surface area (Å²) in [7, 11) is 0. The van der Waals surface area contributed by atoms with Crippen molar-refractivity contribution in [2.75, 3.05) is 13.2 Å². The van der Waals surface area contributed by atoms with Gasteiger partial charge in [-0.3, -0.25) is 9.59 Å². The minimum absolute atomic E-state index is 0.0373. The monoisotopic (exact) mass is 624 g/mol. The summed E-state index contributed by atoms with van der Waals surface area (Å²) in [6, 6.07) is -1.49. The van der Waals surface area contributed by atoms with Crippen LogP contribution in [0.3, 0.4) is 0 Å². The van der Waals surface area contributed by atoms with Gasteiger partial charge in [-0.05, 0) is 50.1 Å². The van der Waals surface area contributed by atoms with Crippen molar-refractivity contribution in [2.45, 2.75) is 94.4 Å². The number of carbonyl (C=O) groups excluding carboxylic acids is 2. The first-order chi connectivity index (χ1) is 20.9. The van der Waals surface area contributed by atoms with Crippen molar-refractivity contribution in [3.05, 3.63) is 35.2 Å². The minimum atomic E-state index is -2.98. The Morgan fingerprint density at radius 2 is 1.82 bits per heavy atom. The zero-order valence-corrected chi connectivity index (χ0v) is 23.8. The molecule has 17 heteroatoms. The van der Waals surface area contributed by atoms with E-state index in [0.29, 0.717) is 17.8 Å². The quantitative estimate of drug-likeness (QED) is 0.390. The lowest BCUT2D eigenvalue weighted by Gasteiger charge is -2.40. The third-order valence-electron chi connectivity index (χ3n) is 8.68. The summed E-state index contributed by atoms with van der Waals surface area (Å²) in [5, 5.41) is 24.9. The molecule has 1 saturated carbocycles. The molecule has 0 aromatic carbocycles. The largest absolute Gasteiger partial charge is 0.393 e. The number of nitrogens with zero attached hydrogens (tertiary/aromatic N) is 7. The predicted molar refractivity (Wildman–Crippen MR) is 141 cm³/mol.